The standard InChI is InChI=1S/C28H24BrNO4/c1-4-33-28(32)26(19-8-6-5-7-9-19)34-27(31)23-16-25(20-11-10-17(2)18(3)14-20)30-24-13-12-21(29)15-22(23)24/h5-16,26H,4H2,1-3H3. The molecule has 0 aliphatic rings. The van der Waals surface area contributed by atoms with Crippen molar-refractivity contribution in [2.75, 3.05) is 6.61 Å². The third-order valence-corrected chi connectivity index (χ3v) is 6.11. The van der Waals surface area contributed by atoms with Gasteiger partial charge in [-0.3, -0.25) is 0 Å². The molecule has 0 spiro atoms. The number of aryl methyl sites for hydroxylation is 2. The summed E-state index contributed by atoms with van der Waals surface area (Å²) in [5, 5.41) is 0.627. The SMILES string of the molecule is CCOC(=O)C(OC(=O)c1cc(-c2ccc(C)c(C)c2)nc2ccc(Br)cc12)c1ccccc1. The topological polar surface area (TPSA) is 65.5 Å². The number of esters is 2. The van der Waals surface area contributed by atoms with E-state index in [1.165, 1.54) is 5.56 Å². The van der Waals surface area contributed by atoms with Crippen molar-refractivity contribution in [2.45, 2.75) is 26.9 Å². The number of pyridine rings is 1. The van der Waals surface area contributed by atoms with Crippen LogP contribution in [0.5, 0.6) is 0 Å². The summed E-state index contributed by atoms with van der Waals surface area (Å²) in [5.74, 6) is -1.24. The number of fused-ring (bicyclic) bond motifs is 1. The summed E-state index contributed by atoms with van der Waals surface area (Å²) in [7, 11) is 0. The second-order valence-corrected chi connectivity index (χ2v) is 8.88. The zero-order valence-corrected chi connectivity index (χ0v) is 20.8. The maximum atomic E-state index is 13.5. The van der Waals surface area contributed by atoms with Gasteiger partial charge in [-0.15, -0.1) is 0 Å². The zero-order valence-electron chi connectivity index (χ0n) is 19.2. The Morgan fingerprint density at radius 1 is 0.941 bits per heavy atom. The van der Waals surface area contributed by atoms with Crippen molar-refractivity contribution in [1.29, 1.82) is 0 Å². The number of rotatable bonds is 6. The van der Waals surface area contributed by atoms with Crippen LogP contribution in [-0.2, 0) is 14.3 Å². The zero-order chi connectivity index (χ0) is 24.2. The summed E-state index contributed by atoms with van der Waals surface area (Å²) in [5.41, 5.74) is 5.37. The highest BCUT2D eigenvalue weighted by Crippen LogP contribution is 2.30. The predicted octanol–water partition coefficient (Wildman–Crippen LogP) is 6.74. The quantitative estimate of drug-likeness (QED) is 0.265. The Kier molecular flexibility index (Phi) is 7.08. The molecule has 0 N–H and O–H groups in total. The first-order valence-electron chi connectivity index (χ1n) is 11.0. The molecule has 1 heterocycles. The Balaban J connectivity index is 1.81. The van der Waals surface area contributed by atoms with Gasteiger partial charge in [-0.05, 0) is 62.2 Å². The van der Waals surface area contributed by atoms with Crippen LogP contribution < -0.4 is 0 Å². The number of halogens is 1. The van der Waals surface area contributed by atoms with Crippen molar-refractivity contribution in [1.82, 2.24) is 4.98 Å². The number of hydrogen-bond acceptors (Lipinski definition) is 5. The maximum Gasteiger partial charge on any atom is 0.352 e. The van der Waals surface area contributed by atoms with Gasteiger partial charge in [0, 0.05) is 21.0 Å². The van der Waals surface area contributed by atoms with Gasteiger partial charge in [0.1, 0.15) is 0 Å². The second kappa shape index (κ2) is 10.2. The fourth-order valence-electron chi connectivity index (χ4n) is 3.68. The molecule has 0 radical (unpaired) electrons. The number of carbonyl (C=O) groups excluding carboxylic acids is 2. The third kappa shape index (κ3) is 5.02. The van der Waals surface area contributed by atoms with Crippen LogP contribution in [0, 0.1) is 13.8 Å². The monoisotopic (exact) mass is 517 g/mol. The van der Waals surface area contributed by atoms with Gasteiger partial charge in [-0.1, -0.05) is 58.4 Å². The Morgan fingerprint density at radius 3 is 2.41 bits per heavy atom. The highest BCUT2D eigenvalue weighted by atomic mass is 79.9. The molecule has 1 atom stereocenters. The Labute approximate surface area is 206 Å². The lowest BCUT2D eigenvalue weighted by Crippen LogP contribution is -2.22. The largest absolute Gasteiger partial charge is 0.463 e. The van der Waals surface area contributed by atoms with Crippen LogP contribution in [0.2, 0.25) is 0 Å². The van der Waals surface area contributed by atoms with Crippen LogP contribution in [-0.4, -0.2) is 23.5 Å². The van der Waals surface area contributed by atoms with Crippen LogP contribution in [0.3, 0.4) is 0 Å². The van der Waals surface area contributed by atoms with E-state index < -0.39 is 18.0 Å². The first kappa shape index (κ1) is 23.6. The summed E-state index contributed by atoms with van der Waals surface area (Å²) in [6.45, 7) is 5.98. The number of aromatic nitrogens is 1. The van der Waals surface area contributed by atoms with E-state index in [-0.39, 0.29) is 6.61 Å². The average molecular weight is 518 g/mol. The Bertz CT molecular complexity index is 1370. The molecule has 0 aliphatic heterocycles. The minimum absolute atomic E-state index is 0.182. The highest BCUT2D eigenvalue weighted by molar-refractivity contribution is 9.10. The van der Waals surface area contributed by atoms with Gasteiger partial charge in [-0.25, -0.2) is 14.6 Å². The second-order valence-electron chi connectivity index (χ2n) is 7.96. The molecule has 0 saturated heterocycles. The molecule has 3 aromatic carbocycles. The van der Waals surface area contributed by atoms with E-state index in [1.54, 1.807) is 37.3 Å². The number of carbonyl (C=O) groups is 2. The van der Waals surface area contributed by atoms with Crippen molar-refractivity contribution in [2.24, 2.45) is 0 Å². The van der Waals surface area contributed by atoms with Crippen LogP contribution in [0.4, 0.5) is 0 Å². The van der Waals surface area contributed by atoms with E-state index in [4.69, 9.17) is 14.5 Å². The molecule has 6 heteroatoms. The van der Waals surface area contributed by atoms with Gasteiger partial charge < -0.3 is 9.47 Å². The van der Waals surface area contributed by atoms with E-state index in [0.717, 1.165) is 15.6 Å². The van der Waals surface area contributed by atoms with Crippen molar-refractivity contribution in [3.8, 4) is 11.3 Å². The first-order valence-corrected chi connectivity index (χ1v) is 11.8. The molecule has 5 nitrogen and oxygen atoms in total. The molecule has 34 heavy (non-hydrogen) atoms. The molecule has 0 bridgehead atoms. The fraction of sp³-hybridized carbons (Fsp3) is 0.179. The maximum absolute atomic E-state index is 13.5. The van der Waals surface area contributed by atoms with Crippen LogP contribution in [0.25, 0.3) is 22.2 Å². The number of nitrogens with zero attached hydrogens (tertiary/aromatic N) is 1. The average Bonchev–Trinajstić information content (AvgIpc) is 2.84. The third-order valence-electron chi connectivity index (χ3n) is 5.62. The first-order chi connectivity index (χ1) is 16.4. The van der Waals surface area contributed by atoms with Crippen molar-refractivity contribution in [3.05, 3.63) is 99.5 Å². The van der Waals surface area contributed by atoms with Crippen LogP contribution >= 0.6 is 15.9 Å². The lowest BCUT2D eigenvalue weighted by atomic mass is 10.0. The number of benzene rings is 3. The highest BCUT2D eigenvalue weighted by Gasteiger charge is 2.28. The number of ether oxygens (including phenoxy) is 2. The fourth-order valence-corrected chi connectivity index (χ4v) is 4.05. The normalized spacial score (nSPS) is 11.8. The smallest absolute Gasteiger partial charge is 0.352 e. The van der Waals surface area contributed by atoms with Crippen molar-refractivity contribution < 1.29 is 19.1 Å². The summed E-state index contributed by atoms with van der Waals surface area (Å²) in [6.07, 6.45) is -1.17. The summed E-state index contributed by atoms with van der Waals surface area (Å²) in [6, 6.07) is 22.2. The van der Waals surface area contributed by atoms with Crippen LogP contribution in [0.15, 0.2) is 77.3 Å². The van der Waals surface area contributed by atoms with E-state index in [9.17, 15) is 9.59 Å². The van der Waals surface area contributed by atoms with Gasteiger partial charge in [0.15, 0.2) is 0 Å². The molecule has 4 aromatic rings. The van der Waals surface area contributed by atoms with Crippen molar-refractivity contribution in [3.63, 3.8) is 0 Å². The predicted molar refractivity (Wildman–Crippen MR) is 136 cm³/mol. The lowest BCUT2D eigenvalue weighted by Gasteiger charge is -2.18. The lowest BCUT2D eigenvalue weighted by molar-refractivity contribution is -0.153. The van der Waals surface area contributed by atoms with Gasteiger partial charge in [0.2, 0.25) is 6.10 Å². The summed E-state index contributed by atoms with van der Waals surface area (Å²) < 4.78 is 11.8. The van der Waals surface area contributed by atoms with Gasteiger partial charge in [0.25, 0.3) is 0 Å². The Hall–Kier alpha value is -3.51. The van der Waals surface area contributed by atoms with E-state index >= 15 is 0 Å². The van der Waals surface area contributed by atoms with E-state index in [2.05, 4.69) is 15.9 Å². The van der Waals surface area contributed by atoms with Gasteiger partial charge in [0.05, 0.1) is 23.4 Å². The van der Waals surface area contributed by atoms with Gasteiger partial charge >= 0.3 is 11.9 Å². The van der Waals surface area contributed by atoms with E-state index in [1.807, 2.05) is 56.3 Å². The molecule has 0 amide bonds. The minimum Gasteiger partial charge on any atom is -0.463 e. The van der Waals surface area contributed by atoms with Crippen molar-refractivity contribution >= 4 is 38.8 Å². The number of hydrogen-bond donors (Lipinski definition) is 0. The Morgan fingerprint density at radius 2 is 1.71 bits per heavy atom. The summed E-state index contributed by atoms with van der Waals surface area (Å²) in [4.78, 5) is 30.9. The molecule has 1 aromatic heterocycles. The summed E-state index contributed by atoms with van der Waals surface area (Å²) >= 11 is 3.47. The minimum atomic E-state index is -1.17. The molecule has 0 fully saturated rings. The van der Waals surface area contributed by atoms with E-state index in [0.29, 0.717) is 27.7 Å². The molecular weight excluding hydrogens is 494 g/mol. The van der Waals surface area contributed by atoms with Crippen LogP contribution in [0.1, 0.15) is 40.1 Å². The molecule has 4 rings (SSSR count). The molecule has 172 valence electrons. The molecule has 0 saturated carbocycles. The molecule has 1 unspecified atom stereocenters. The molecule has 0 aliphatic carbocycles. The molecular formula is C28H24BrNO4. The van der Waals surface area contributed by atoms with Gasteiger partial charge in [-0.2, -0.15) is 0 Å².